The van der Waals surface area contributed by atoms with Gasteiger partial charge in [0.1, 0.15) is 5.82 Å². The van der Waals surface area contributed by atoms with Gasteiger partial charge in [-0.3, -0.25) is 4.79 Å². The first-order chi connectivity index (χ1) is 17.0. The van der Waals surface area contributed by atoms with Crippen molar-refractivity contribution in [1.29, 1.82) is 0 Å². The standard InChI is InChI=1S/C25H23ClN6O3/c1-35-25(34)19-4-2-3-5-20(19)27-24(33)17-12-14-31(15-13-17)22-11-10-21-28-29-23(32(21)30-22)16-6-8-18(26)9-7-16/h2-11,17H,12-15H2,1H3,(H,27,33). The van der Waals surface area contributed by atoms with Crippen molar-refractivity contribution in [2.75, 3.05) is 30.4 Å². The number of amides is 1. The molecule has 1 N–H and O–H groups in total. The van der Waals surface area contributed by atoms with Crippen LogP contribution in [-0.2, 0) is 9.53 Å². The third-order valence-corrected chi connectivity index (χ3v) is 6.38. The fraction of sp³-hybridized carbons (Fsp3) is 0.240. The molecule has 2 aromatic carbocycles. The second kappa shape index (κ2) is 9.71. The number of rotatable bonds is 5. The van der Waals surface area contributed by atoms with Crippen molar-refractivity contribution in [3.8, 4) is 11.4 Å². The van der Waals surface area contributed by atoms with Gasteiger partial charge in [0.05, 0.1) is 18.4 Å². The Balaban J connectivity index is 1.28. The molecule has 35 heavy (non-hydrogen) atoms. The van der Waals surface area contributed by atoms with Gasteiger partial charge in [0.2, 0.25) is 5.91 Å². The van der Waals surface area contributed by atoms with Gasteiger partial charge in [0.15, 0.2) is 11.5 Å². The van der Waals surface area contributed by atoms with E-state index >= 15 is 0 Å². The van der Waals surface area contributed by atoms with Gasteiger partial charge in [0, 0.05) is 29.6 Å². The molecule has 9 nitrogen and oxygen atoms in total. The Hall–Kier alpha value is -3.98. The summed E-state index contributed by atoms with van der Waals surface area (Å²) in [7, 11) is 1.32. The number of benzene rings is 2. The molecular formula is C25H23ClN6O3. The largest absolute Gasteiger partial charge is 0.465 e. The second-order valence-electron chi connectivity index (χ2n) is 8.28. The summed E-state index contributed by atoms with van der Waals surface area (Å²) >= 11 is 6.01. The van der Waals surface area contributed by atoms with Gasteiger partial charge in [-0.15, -0.1) is 15.3 Å². The molecular weight excluding hydrogens is 468 g/mol. The number of carbonyl (C=O) groups excluding carboxylic acids is 2. The van der Waals surface area contributed by atoms with Crippen LogP contribution in [0.1, 0.15) is 23.2 Å². The number of hydrogen-bond donors (Lipinski definition) is 1. The Morgan fingerprint density at radius 3 is 2.49 bits per heavy atom. The number of nitrogens with one attached hydrogen (secondary N) is 1. The summed E-state index contributed by atoms with van der Waals surface area (Å²) in [6, 6.07) is 18.0. The van der Waals surface area contributed by atoms with Crippen molar-refractivity contribution in [3.63, 3.8) is 0 Å². The van der Waals surface area contributed by atoms with Crippen LogP contribution >= 0.6 is 11.6 Å². The van der Waals surface area contributed by atoms with Crippen molar-refractivity contribution >= 4 is 40.6 Å². The average Bonchev–Trinajstić information content (AvgIpc) is 3.32. The van der Waals surface area contributed by atoms with Crippen molar-refractivity contribution in [1.82, 2.24) is 19.8 Å². The number of halogens is 1. The molecule has 0 saturated carbocycles. The Kier molecular flexibility index (Phi) is 6.33. The van der Waals surface area contributed by atoms with Crippen molar-refractivity contribution < 1.29 is 14.3 Å². The summed E-state index contributed by atoms with van der Waals surface area (Å²) < 4.78 is 6.54. The molecule has 10 heteroatoms. The molecule has 0 spiro atoms. The number of fused-ring (bicyclic) bond motifs is 1. The van der Waals surface area contributed by atoms with Gasteiger partial charge < -0.3 is 15.0 Å². The predicted octanol–water partition coefficient (Wildman–Crippen LogP) is 4.09. The topological polar surface area (TPSA) is 102 Å². The Morgan fingerprint density at radius 2 is 1.74 bits per heavy atom. The molecule has 0 radical (unpaired) electrons. The van der Waals surface area contributed by atoms with Crippen LogP contribution in [0.3, 0.4) is 0 Å². The molecule has 0 atom stereocenters. The molecule has 1 fully saturated rings. The molecule has 4 aromatic rings. The molecule has 0 unspecified atom stereocenters. The van der Waals surface area contributed by atoms with Crippen molar-refractivity contribution in [2.24, 2.45) is 5.92 Å². The minimum absolute atomic E-state index is 0.103. The highest BCUT2D eigenvalue weighted by molar-refractivity contribution is 6.30. The minimum atomic E-state index is -0.482. The quantitative estimate of drug-likeness (QED) is 0.420. The number of nitrogens with zero attached hydrogens (tertiary/aromatic N) is 5. The number of esters is 1. The van der Waals surface area contributed by atoms with Crippen LogP contribution in [0, 0.1) is 5.92 Å². The number of carbonyl (C=O) groups is 2. The summed E-state index contributed by atoms with van der Waals surface area (Å²) in [6.45, 7) is 1.35. The average molecular weight is 491 g/mol. The zero-order valence-electron chi connectivity index (χ0n) is 19.0. The monoisotopic (exact) mass is 490 g/mol. The number of piperidine rings is 1. The highest BCUT2D eigenvalue weighted by atomic mass is 35.5. The van der Waals surface area contributed by atoms with E-state index < -0.39 is 5.97 Å². The highest BCUT2D eigenvalue weighted by Gasteiger charge is 2.27. The number of methoxy groups -OCH3 is 1. The van der Waals surface area contributed by atoms with E-state index in [1.807, 2.05) is 24.3 Å². The maximum Gasteiger partial charge on any atom is 0.339 e. The second-order valence-corrected chi connectivity index (χ2v) is 8.72. The normalized spacial score (nSPS) is 14.2. The Labute approximate surface area is 206 Å². The first kappa shape index (κ1) is 22.8. The van der Waals surface area contributed by atoms with Crippen molar-refractivity contribution in [3.05, 3.63) is 71.2 Å². The van der Waals surface area contributed by atoms with Crippen LogP contribution in [0.2, 0.25) is 5.02 Å². The van der Waals surface area contributed by atoms with Crippen LogP contribution in [0.4, 0.5) is 11.5 Å². The van der Waals surface area contributed by atoms with Crippen LogP contribution in [-0.4, -0.2) is 51.9 Å². The molecule has 3 heterocycles. The number of ether oxygens (including phenoxy) is 1. The maximum atomic E-state index is 12.9. The lowest BCUT2D eigenvalue weighted by atomic mass is 9.95. The molecule has 1 aliphatic rings. The minimum Gasteiger partial charge on any atom is -0.465 e. The first-order valence-corrected chi connectivity index (χ1v) is 11.6. The zero-order chi connectivity index (χ0) is 24.4. The smallest absolute Gasteiger partial charge is 0.339 e. The van der Waals surface area contributed by atoms with E-state index in [0.29, 0.717) is 53.7 Å². The third kappa shape index (κ3) is 4.67. The first-order valence-electron chi connectivity index (χ1n) is 11.2. The molecule has 0 aliphatic carbocycles. The van der Waals surface area contributed by atoms with E-state index in [4.69, 9.17) is 21.4 Å². The summed E-state index contributed by atoms with van der Waals surface area (Å²) in [5, 5.41) is 16.8. The van der Waals surface area contributed by atoms with E-state index in [1.165, 1.54) is 7.11 Å². The molecule has 1 saturated heterocycles. The number of aromatic nitrogens is 4. The van der Waals surface area contributed by atoms with E-state index in [2.05, 4.69) is 20.4 Å². The van der Waals surface area contributed by atoms with Crippen LogP contribution in [0.15, 0.2) is 60.7 Å². The van der Waals surface area contributed by atoms with Gasteiger partial charge in [-0.25, -0.2) is 4.79 Å². The molecule has 2 aromatic heterocycles. The number of anilines is 2. The van der Waals surface area contributed by atoms with Crippen LogP contribution in [0.25, 0.3) is 17.0 Å². The van der Waals surface area contributed by atoms with Crippen molar-refractivity contribution in [2.45, 2.75) is 12.8 Å². The predicted molar refractivity (Wildman–Crippen MR) is 133 cm³/mol. The third-order valence-electron chi connectivity index (χ3n) is 6.13. The summed E-state index contributed by atoms with van der Waals surface area (Å²) in [4.78, 5) is 27.1. The number of hydrogen-bond acceptors (Lipinski definition) is 7. The van der Waals surface area contributed by atoms with E-state index in [1.54, 1.807) is 40.9 Å². The van der Waals surface area contributed by atoms with Gasteiger partial charge in [-0.1, -0.05) is 23.7 Å². The molecule has 5 rings (SSSR count). The Morgan fingerprint density at radius 1 is 1.00 bits per heavy atom. The zero-order valence-corrected chi connectivity index (χ0v) is 19.8. The van der Waals surface area contributed by atoms with Gasteiger partial charge in [-0.2, -0.15) is 4.52 Å². The van der Waals surface area contributed by atoms with Crippen LogP contribution < -0.4 is 10.2 Å². The van der Waals surface area contributed by atoms with E-state index in [-0.39, 0.29) is 11.8 Å². The molecule has 178 valence electrons. The lowest BCUT2D eigenvalue weighted by molar-refractivity contribution is -0.120. The summed E-state index contributed by atoms with van der Waals surface area (Å²) in [5.74, 6) is 0.678. The van der Waals surface area contributed by atoms with Gasteiger partial charge >= 0.3 is 5.97 Å². The highest BCUT2D eigenvalue weighted by Crippen LogP contribution is 2.26. The lowest BCUT2D eigenvalue weighted by Crippen LogP contribution is -2.38. The van der Waals surface area contributed by atoms with Gasteiger partial charge in [0.25, 0.3) is 0 Å². The summed E-state index contributed by atoms with van der Waals surface area (Å²) in [5.41, 5.74) is 2.32. The van der Waals surface area contributed by atoms with E-state index in [9.17, 15) is 9.59 Å². The summed E-state index contributed by atoms with van der Waals surface area (Å²) in [6.07, 6.45) is 1.33. The SMILES string of the molecule is COC(=O)c1ccccc1NC(=O)C1CCN(c2ccc3nnc(-c4ccc(Cl)cc4)n3n2)CC1. The molecule has 0 bridgehead atoms. The van der Waals surface area contributed by atoms with Gasteiger partial charge in [-0.05, 0) is 61.4 Å². The Bertz CT molecular complexity index is 1380. The fourth-order valence-corrected chi connectivity index (χ4v) is 4.34. The number of para-hydroxylation sites is 1. The maximum absolute atomic E-state index is 12.9. The molecule has 1 aliphatic heterocycles. The fourth-order valence-electron chi connectivity index (χ4n) is 4.21. The molecule has 1 amide bonds. The van der Waals surface area contributed by atoms with Crippen LogP contribution in [0.5, 0.6) is 0 Å². The lowest BCUT2D eigenvalue weighted by Gasteiger charge is -2.32. The van der Waals surface area contributed by atoms with E-state index in [0.717, 1.165) is 11.4 Å².